The smallest absolute Gasteiger partial charge is 0.347 e. The summed E-state index contributed by atoms with van der Waals surface area (Å²) in [6.07, 6.45) is 1.92. The summed E-state index contributed by atoms with van der Waals surface area (Å²) in [5.74, 6) is 1.63. The first-order valence-corrected chi connectivity index (χ1v) is 8.61. The van der Waals surface area contributed by atoms with Gasteiger partial charge in [0.05, 0.1) is 5.69 Å². The van der Waals surface area contributed by atoms with Crippen LogP contribution in [0.15, 0.2) is 53.3 Å². The van der Waals surface area contributed by atoms with Gasteiger partial charge in [0.1, 0.15) is 23.4 Å². The largest absolute Gasteiger partial charge is 0.356 e. The third-order valence-electron chi connectivity index (χ3n) is 4.67. The third kappa shape index (κ3) is 2.97. The van der Waals surface area contributed by atoms with E-state index in [-0.39, 0.29) is 11.6 Å². The molecule has 0 aliphatic carbocycles. The van der Waals surface area contributed by atoms with Gasteiger partial charge in [0.25, 0.3) is 0 Å². The van der Waals surface area contributed by atoms with Crippen LogP contribution < -0.4 is 10.6 Å². The normalized spacial score (nSPS) is 17.0. The molecule has 0 spiro atoms. The molecule has 1 atom stereocenters. The maximum absolute atomic E-state index is 12.3. The van der Waals surface area contributed by atoms with Gasteiger partial charge in [-0.25, -0.2) is 19.4 Å². The van der Waals surface area contributed by atoms with Gasteiger partial charge in [-0.15, -0.1) is 0 Å². The van der Waals surface area contributed by atoms with E-state index in [1.54, 1.807) is 10.6 Å². The summed E-state index contributed by atoms with van der Waals surface area (Å²) in [6.45, 7) is 1.58. The zero-order valence-corrected chi connectivity index (χ0v) is 14.2. The first-order chi connectivity index (χ1) is 12.8. The topological polar surface area (TPSA) is 90.6 Å². The van der Waals surface area contributed by atoms with Crippen molar-refractivity contribution in [1.82, 2.24) is 19.7 Å². The lowest BCUT2D eigenvalue weighted by Crippen LogP contribution is -2.36. The summed E-state index contributed by atoms with van der Waals surface area (Å²) in [6, 6.07) is 17.1. The predicted octanol–water partition coefficient (Wildman–Crippen LogP) is 2.21. The van der Waals surface area contributed by atoms with E-state index in [1.807, 2.05) is 42.5 Å². The summed E-state index contributed by atoms with van der Waals surface area (Å²) >= 11 is 0. The lowest BCUT2D eigenvalue weighted by Gasteiger charge is -2.33. The summed E-state index contributed by atoms with van der Waals surface area (Å²) in [7, 11) is 0. The van der Waals surface area contributed by atoms with Crippen molar-refractivity contribution in [3.05, 3.63) is 70.5 Å². The Morgan fingerprint density at radius 1 is 1.15 bits per heavy atom. The van der Waals surface area contributed by atoms with Gasteiger partial charge < -0.3 is 4.90 Å². The SMILES string of the molecule is N#Cc1cccc(N2CCC[C@@H](c3n[nH]c(=O)n3-c3ccccc3)C2)n1. The minimum Gasteiger partial charge on any atom is -0.356 e. The van der Waals surface area contributed by atoms with Gasteiger partial charge in [-0.3, -0.25) is 0 Å². The summed E-state index contributed by atoms with van der Waals surface area (Å²) in [5.41, 5.74) is 0.987. The number of hydrogen-bond acceptors (Lipinski definition) is 5. The fourth-order valence-electron chi connectivity index (χ4n) is 3.47. The van der Waals surface area contributed by atoms with Crippen LogP contribution in [-0.4, -0.2) is 32.8 Å². The predicted molar refractivity (Wildman–Crippen MR) is 97.3 cm³/mol. The van der Waals surface area contributed by atoms with Crippen molar-refractivity contribution in [3.8, 4) is 11.8 Å². The number of anilines is 1. The highest BCUT2D eigenvalue weighted by Crippen LogP contribution is 2.28. The molecule has 0 unspecified atom stereocenters. The maximum atomic E-state index is 12.3. The van der Waals surface area contributed by atoms with Gasteiger partial charge in [0.15, 0.2) is 0 Å². The van der Waals surface area contributed by atoms with Crippen molar-refractivity contribution in [1.29, 1.82) is 5.26 Å². The number of nitriles is 1. The Hall–Kier alpha value is -3.40. The van der Waals surface area contributed by atoms with Crippen LogP contribution in [0.4, 0.5) is 5.82 Å². The van der Waals surface area contributed by atoms with Crippen molar-refractivity contribution in [2.75, 3.05) is 18.0 Å². The van der Waals surface area contributed by atoms with Crippen LogP contribution in [0.1, 0.15) is 30.3 Å². The van der Waals surface area contributed by atoms with Crippen molar-refractivity contribution in [2.45, 2.75) is 18.8 Å². The molecule has 3 heterocycles. The van der Waals surface area contributed by atoms with E-state index in [0.717, 1.165) is 36.7 Å². The van der Waals surface area contributed by atoms with E-state index < -0.39 is 0 Å². The molecule has 1 aliphatic heterocycles. The van der Waals surface area contributed by atoms with E-state index in [9.17, 15) is 4.79 Å². The molecule has 1 aliphatic rings. The van der Waals surface area contributed by atoms with Crippen molar-refractivity contribution < 1.29 is 0 Å². The van der Waals surface area contributed by atoms with Crippen LogP contribution in [0.5, 0.6) is 0 Å². The number of aromatic amines is 1. The molecule has 2 aromatic heterocycles. The van der Waals surface area contributed by atoms with Crippen LogP contribution in [0, 0.1) is 11.3 Å². The standard InChI is InChI=1S/C19H18N6O/c20-12-15-7-4-10-17(21-15)24-11-5-6-14(13-24)18-22-23-19(26)25(18)16-8-2-1-3-9-16/h1-4,7-10,14H,5-6,11,13H2,(H,23,26)/t14-/m1/s1. The van der Waals surface area contributed by atoms with E-state index in [0.29, 0.717) is 12.2 Å². The molecule has 0 bridgehead atoms. The fourth-order valence-corrected chi connectivity index (χ4v) is 3.47. The summed E-state index contributed by atoms with van der Waals surface area (Å²) < 4.78 is 1.65. The Morgan fingerprint density at radius 3 is 2.81 bits per heavy atom. The summed E-state index contributed by atoms with van der Waals surface area (Å²) in [5, 5.41) is 16.0. The molecule has 0 amide bonds. The minimum absolute atomic E-state index is 0.107. The molecule has 7 nitrogen and oxygen atoms in total. The highest BCUT2D eigenvalue weighted by molar-refractivity contribution is 5.43. The number of piperidine rings is 1. The Bertz CT molecular complexity index is 1000. The number of hydrogen-bond donors (Lipinski definition) is 1. The van der Waals surface area contributed by atoms with E-state index in [1.165, 1.54) is 0 Å². The first kappa shape index (κ1) is 16.1. The minimum atomic E-state index is -0.229. The van der Waals surface area contributed by atoms with E-state index >= 15 is 0 Å². The molecule has 0 saturated carbocycles. The molecule has 130 valence electrons. The number of benzene rings is 1. The van der Waals surface area contributed by atoms with Gasteiger partial charge in [-0.1, -0.05) is 24.3 Å². The Labute approximate surface area is 150 Å². The molecule has 26 heavy (non-hydrogen) atoms. The number of H-pyrrole nitrogens is 1. The van der Waals surface area contributed by atoms with Crippen LogP contribution >= 0.6 is 0 Å². The number of pyridine rings is 1. The lowest BCUT2D eigenvalue weighted by atomic mass is 9.97. The lowest BCUT2D eigenvalue weighted by molar-refractivity contribution is 0.483. The van der Waals surface area contributed by atoms with Crippen LogP contribution in [0.3, 0.4) is 0 Å². The Morgan fingerprint density at radius 2 is 2.00 bits per heavy atom. The Balaban J connectivity index is 1.65. The molecular weight excluding hydrogens is 328 g/mol. The average molecular weight is 346 g/mol. The second-order valence-corrected chi connectivity index (χ2v) is 6.34. The molecule has 1 N–H and O–H groups in total. The molecule has 1 saturated heterocycles. The molecule has 1 aromatic carbocycles. The van der Waals surface area contributed by atoms with Crippen LogP contribution in [-0.2, 0) is 0 Å². The molecular formula is C19H18N6O. The molecule has 1 fully saturated rings. The zero-order valence-electron chi connectivity index (χ0n) is 14.2. The van der Waals surface area contributed by atoms with Gasteiger partial charge in [0.2, 0.25) is 0 Å². The molecule has 7 heteroatoms. The quantitative estimate of drug-likeness (QED) is 0.785. The number of nitrogens with one attached hydrogen (secondary N) is 1. The first-order valence-electron chi connectivity index (χ1n) is 8.61. The van der Waals surface area contributed by atoms with Crippen molar-refractivity contribution in [3.63, 3.8) is 0 Å². The number of rotatable bonds is 3. The number of para-hydroxylation sites is 1. The molecule has 3 aromatic rings. The zero-order chi connectivity index (χ0) is 17.9. The highest BCUT2D eigenvalue weighted by Gasteiger charge is 2.27. The number of aromatic nitrogens is 4. The highest BCUT2D eigenvalue weighted by atomic mass is 16.1. The van der Waals surface area contributed by atoms with Gasteiger partial charge >= 0.3 is 5.69 Å². The summed E-state index contributed by atoms with van der Waals surface area (Å²) in [4.78, 5) is 18.9. The number of nitrogens with zero attached hydrogens (tertiary/aromatic N) is 5. The van der Waals surface area contributed by atoms with Gasteiger partial charge in [0, 0.05) is 19.0 Å². The molecule has 4 rings (SSSR count). The maximum Gasteiger partial charge on any atom is 0.347 e. The third-order valence-corrected chi connectivity index (χ3v) is 4.67. The second kappa shape index (κ2) is 6.84. The van der Waals surface area contributed by atoms with Crippen molar-refractivity contribution in [2.24, 2.45) is 0 Å². The van der Waals surface area contributed by atoms with Crippen molar-refractivity contribution >= 4 is 5.82 Å². The van der Waals surface area contributed by atoms with Crippen LogP contribution in [0.25, 0.3) is 5.69 Å². The van der Waals surface area contributed by atoms with Crippen LogP contribution in [0.2, 0.25) is 0 Å². The van der Waals surface area contributed by atoms with Gasteiger partial charge in [-0.2, -0.15) is 10.4 Å². The second-order valence-electron chi connectivity index (χ2n) is 6.34. The average Bonchev–Trinajstić information content (AvgIpc) is 3.10. The fraction of sp³-hybridized carbons (Fsp3) is 0.263. The Kier molecular flexibility index (Phi) is 4.23. The van der Waals surface area contributed by atoms with E-state index in [4.69, 9.17) is 5.26 Å². The van der Waals surface area contributed by atoms with Gasteiger partial charge in [-0.05, 0) is 37.1 Å². The van der Waals surface area contributed by atoms with E-state index in [2.05, 4.69) is 26.2 Å². The molecule has 0 radical (unpaired) electrons. The monoisotopic (exact) mass is 346 g/mol.